The van der Waals surface area contributed by atoms with Crippen LogP contribution in [-0.4, -0.2) is 9.97 Å². The molecule has 0 saturated carbocycles. The molecule has 20 heavy (non-hydrogen) atoms. The van der Waals surface area contributed by atoms with Crippen molar-refractivity contribution in [3.05, 3.63) is 71.2 Å². The molecule has 2 aromatic heterocycles. The van der Waals surface area contributed by atoms with E-state index in [9.17, 15) is 0 Å². The topological polar surface area (TPSA) is 51.8 Å². The molecule has 0 aliphatic rings. The molecule has 0 saturated heterocycles. The monoisotopic (exact) mass is 263 g/mol. The van der Waals surface area contributed by atoms with Gasteiger partial charge in [-0.15, -0.1) is 0 Å². The summed E-state index contributed by atoms with van der Waals surface area (Å²) in [7, 11) is 0. The Labute approximate surface area is 118 Å². The van der Waals surface area contributed by atoms with Crippen LogP contribution in [0.5, 0.6) is 0 Å². The van der Waals surface area contributed by atoms with Crippen LogP contribution in [0.25, 0.3) is 10.9 Å². The Bertz CT molecular complexity index is 765. The zero-order valence-corrected chi connectivity index (χ0v) is 11.7. The minimum absolute atomic E-state index is 0.159. The quantitative estimate of drug-likeness (QED) is 0.771. The van der Waals surface area contributed by atoms with Crippen molar-refractivity contribution in [1.29, 1.82) is 0 Å². The second-order valence-corrected chi connectivity index (χ2v) is 5.18. The fraction of sp³-hybridized carbons (Fsp3) is 0.176. The highest BCUT2D eigenvalue weighted by Crippen LogP contribution is 2.23. The molecule has 1 unspecified atom stereocenters. The third-order valence-corrected chi connectivity index (χ3v) is 3.47. The molecule has 2 heterocycles. The van der Waals surface area contributed by atoms with Crippen molar-refractivity contribution in [2.75, 3.05) is 0 Å². The van der Waals surface area contributed by atoms with Crippen LogP contribution in [0.2, 0.25) is 0 Å². The Hall–Kier alpha value is -2.26. The van der Waals surface area contributed by atoms with Gasteiger partial charge in [-0.3, -0.25) is 9.97 Å². The van der Waals surface area contributed by atoms with Crippen molar-refractivity contribution in [2.45, 2.75) is 19.9 Å². The van der Waals surface area contributed by atoms with Crippen molar-refractivity contribution < 1.29 is 0 Å². The van der Waals surface area contributed by atoms with Gasteiger partial charge in [-0.25, -0.2) is 0 Å². The third kappa shape index (κ3) is 2.40. The lowest BCUT2D eigenvalue weighted by atomic mass is 9.98. The maximum absolute atomic E-state index is 6.35. The average Bonchev–Trinajstić information content (AvgIpc) is 2.46. The minimum Gasteiger partial charge on any atom is -0.320 e. The second-order valence-electron chi connectivity index (χ2n) is 5.18. The SMILES string of the molecule is Cc1cncc(C(N)c2ccc3nc(C)ccc3c2)c1. The highest BCUT2D eigenvalue weighted by Gasteiger charge is 2.10. The first-order chi connectivity index (χ1) is 9.63. The largest absolute Gasteiger partial charge is 0.320 e. The Kier molecular flexibility index (Phi) is 3.20. The smallest absolute Gasteiger partial charge is 0.0705 e. The lowest BCUT2D eigenvalue weighted by Gasteiger charge is -2.13. The minimum atomic E-state index is -0.159. The van der Waals surface area contributed by atoms with Crippen LogP contribution in [0, 0.1) is 13.8 Å². The van der Waals surface area contributed by atoms with Crippen LogP contribution in [0.1, 0.15) is 28.4 Å². The lowest BCUT2D eigenvalue weighted by Crippen LogP contribution is -2.12. The number of pyridine rings is 2. The summed E-state index contributed by atoms with van der Waals surface area (Å²) >= 11 is 0. The molecule has 1 atom stereocenters. The molecule has 100 valence electrons. The fourth-order valence-corrected chi connectivity index (χ4v) is 2.38. The molecular formula is C17H17N3. The second kappa shape index (κ2) is 5.02. The maximum atomic E-state index is 6.35. The number of rotatable bonds is 2. The van der Waals surface area contributed by atoms with E-state index >= 15 is 0 Å². The number of nitrogens with zero attached hydrogens (tertiary/aromatic N) is 2. The molecule has 0 spiro atoms. The number of nitrogens with two attached hydrogens (primary N) is 1. The number of aromatic nitrogens is 2. The van der Waals surface area contributed by atoms with E-state index in [0.29, 0.717) is 0 Å². The number of benzene rings is 1. The first kappa shape index (κ1) is 12.8. The number of hydrogen-bond donors (Lipinski definition) is 1. The van der Waals surface area contributed by atoms with E-state index < -0.39 is 0 Å². The molecule has 3 heteroatoms. The molecule has 2 N–H and O–H groups in total. The Morgan fingerprint density at radius 2 is 1.80 bits per heavy atom. The van der Waals surface area contributed by atoms with Crippen LogP contribution in [-0.2, 0) is 0 Å². The van der Waals surface area contributed by atoms with Crippen LogP contribution < -0.4 is 5.73 Å². The van der Waals surface area contributed by atoms with Gasteiger partial charge in [0.05, 0.1) is 11.6 Å². The summed E-state index contributed by atoms with van der Waals surface area (Å²) in [4.78, 5) is 8.72. The summed E-state index contributed by atoms with van der Waals surface area (Å²) in [5.41, 5.74) is 11.6. The Balaban J connectivity index is 2.03. The molecule has 0 fully saturated rings. The molecule has 0 amide bonds. The van der Waals surface area contributed by atoms with Gasteiger partial charge in [0.15, 0.2) is 0 Å². The standard InChI is InChI=1S/C17H17N3/c1-11-7-15(10-19-9-11)17(18)14-5-6-16-13(8-14)4-3-12(2)20-16/h3-10,17H,18H2,1-2H3. The van der Waals surface area contributed by atoms with E-state index in [1.54, 1.807) is 0 Å². The summed E-state index contributed by atoms with van der Waals surface area (Å²) in [6.45, 7) is 4.02. The summed E-state index contributed by atoms with van der Waals surface area (Å²) in [5, 5.41) is 1.11. The fourth-order valence-electron chi connectivity index (χ4n) is 2.38. The van der Waals surface area contributed by atoms with Crippen molar-refractivity contribution in [3.8, 4) is 0 Å². The van der Waals surface area contributed by atoms with E-state index in [1.165, 1.54) is 0 Å². The lowest BCUT2D eigenvalue weighted by molar-refractivity contribution is 0.862. The van der Waals surface area contributed by atoms with Gasteiger partial charge in [-0.2, -0.15) is 0 Å². The molecule has 0 radical (unpaired) electrons. The molecule has 0 bridgehead atoms. The third-order valence-electron chi connectivity index (χ3n) is 3.47. The van der Waals surface area contributed by atoms with Crippen molar-refractivity contribution in [3.63, 3.8) is 0 Å². The molecule has 3 nitrogen and oxygen atoms in total. The highest BCUT2D eigenvalue weighted by atomic mass is 14.7. The average molecular weight is 263 g/mol. The number of fused-ring (bicyclic) bond motifs is 1. The van der Waals surface area contributed by atoms with Crippen molar-refractivity contribution in [1.82, 2.24) is 9.97 Å². The van der Waals surface area contributed by atoms with E-state index in [1.807, 2.05) is 44.4 Å². The highest BCUT2D eigenvalue weighted by molar-refractivity contribution is 5.79. The van der Waals surface area contributed by atoms with Crippen molar-refractivity contribution in [2.24, 2.45) is 5.73 Å². The maximum Gasteiger partial charge on any atom is 0.0705 e. The van der Waals surface area contributed by atoms with Gasteiger partial charge in [0.1, 0.15) is 0 Å². The van der Waals surface area contributed by atoms with Gasteiger partial charge in [-0.05, 0) is 48.7 Å². The number of aryl methyl sites for hydroxylation is 2. The first-order valence-corrected chi connectivity index (χ1v) is 6.68. The molecule has 3 rings (SSSR count). The van der Waals surface area contributed by atoms with Gasteiger partial charge in [0, 0.05) is 23.5 Å². The molecule has 0 aliphatic carbocycles. The summed E-state index contributed by atoms with van der Waals surface area (Å²) < 4.78 is 0. The zero-order chi connectivity index (χ0) is 14.1. The van der Waals surface area contributed by atoms with Crippen LogP contribution >= 0.6 is 0 Å². The van der Waals surface area contributed by atoms with E-state index in [-0.39, 0.29) is 6.04 Å². The van der Waals surface area contributed by atoms with Gasteiger partial charge in [0.25, 0.3) is 0 Å². The van der Waals surface area contributed by atoms with E-state index in [0.717, 1.165) is 33.3 Å². The van der Waals surface area contributed by atoms with Gasteiger partial charge >= 0.3 is 0 Å². The summed E-state index contributed by atoms with van der Waals surface area (Å²) in [5.74, 6) is 0. The predicted molar refractivity (Wildman–Crippen MR) is 81.5 cm³/mol. The number of hydrogen-bond acceptors (Lipinski definition) is 3. The van der Waals surface area contributed by atoms with Crippen LogP contribution in [0.4, 0.5) is 0 Å². The zero-order valence-electron chi connectivity index (χ0n) is 11.7. The van der Waals surface area contributed by atoms with Gasteiger partial charge < -0.3 is 5.73 Å². The Morgan fingerprint density at radius 3 is 2.60 bits per heavy atom. The molecule has 0 aliphatic heterocycles. The van der Waals surface area contributed by atoms with Crippen LogP contribution in [0.15, 0.2) is 48.8 Å². The van der Waals surface area contributed by atoms with Crippen molar-refractivity contribution >= 4 is 10.9 Å². The first-order valence-electron chi connectivity index (χ1n) is 6.68. The summed E-state index contributed by atoms with van der Waals surface area (Å²) in [6, 6.07) is 12.2. The Morgan fingerprint density at radius 1 is 0.950 bits per heavy atom. The predicted octanol–water partition coefficient (Wildman–Crippen LogP) is 3.29. The van der Waals surface area contributed by atoms with E-state index in [4.69, 9.17) is 5.73 Å². The molecule has 3 aromatic rings. The van der Waals surface area contributed by atoms with Gasteiger partial charge in [0.2, 0.25) is 0 Å². The van der Waals surface area contributed by atoms with Gasteiger partial charge in [-0.1, -0.05) is 18.2 Å². The molecular weight excluding hydrogens is 246 g/mol. The molecule has 1 aromatic carbocycles. The van der Waals surface area contributed by atoms with E-state index in [2.05, 4.69) is 28.2 Å². The summed E-state index contributed by atoms with van der Waals surface area (Å²) in [6.07, 6.45) is 3.67. The normalized spacial score (nSPS) is 12.6. The van der Waals surface area contributed by atoms with Crippen LogP contribution in [0.3, 0.4) is 0 Å².